The fraction of sp³-hybridized carbons (Fsp3) is 0.810. The Hall–Kier alpha value is -1.04. The fourth-order valence-corrected chi connectivity index (χ4v) is 7.28. The lowest BCUT2D eigenvalue weighted by Gasteiger charge is -2.60. The van der Waals surface area contributed by atoms with Crippen LogP contribution in [-0.4, -0.2) is 45.2 Å². The number of rotatable bonds is 2. The SMILES string of the molecule is C[C@]12CCC(=O)C=C1CC[C@@H]1[C@@H]2[C@@H](O)C[C@@]2(C)[C@H]1CC[C@@]2(O)C(=O)CO. The van der Waals surface area contributed by atoms with Gasteiger partial charge in [0.1, 0.15) is 12.2 Å². The Morgan fingerprint density at radius 2 is 1.96 bits per heavy atom. The van der Waals surface area contributed by atoms with Crippen LogP contribution in [0.2, 0.25) is 0 Å². The van der Waals surface area contributed by atoms with Gasteiger partial charge < -0.3 is 15.3 Å². The van der Waals surface area contributed by atoms with Gasteiger partial charge in [0, 0.05) is 11.8 Å². The smallest absolute Gasteiger partial charge is 0.190 e. The zero-order valence-corrected chi connectivity index (χ0v) is 15.7. The van der Waals surface area contributed by atoms with E-state index in [1.54, 1.807) is 6.08 Å². The van der Waals surface area contributed by atoms with Crippen LogP contribution in [0.25, 0.3) is 0 Å². The maximum atomic E-state index is 12.4. The number of hydrogen-bond acceptors (Lipinski definition) is 5. The Kier molecular flexibility index (Phi) is 4.04. The topological polar surface area (TPSA) is 94.8 Å². The molecule has 3 saturated carbocycles. The summed E-state index contributed by atoms with van der Waals surface area (Å²) in [7, 11) is 0. The van der Waals surface area contributed by atoms with Crippen molar-refractivity contribution >= 4 is 11.6 Å². The van der Waals surface area contributed by atoms with Gasteiger partial charge >= 0.3 is 0 Å². The third-order valence-electron chi connectivity index (χ3n) is 8.65. The van der Waals surface area contributed by atoms with Crippen LogP contribution in [-0.2, 0) is 9.59 Å². The number of aliphatic hydroxyl groups is 3. The third-order valence-corrected chi connectivity index (χ3v) is 8.65. The minimum atomic E-state index is -1.54. The number of aliphatic hydroxyl groups excluding tert-OH is 2. The number of carbonyl (C=O) groups excluding carboxylic acids is 2. The molecule has 3 fully saturated rings. The Bertz CT molecular complexity index is 684. The molecule has 4 rings (SSSR count). The van der Waals surface area contributed by atoms with E-state index in [2.05, 4.69) is 6.92 Å². The summed E-state index contributed by atoms with van der Waals surface area (Å²) in [5, 5.41) is 31.7. The van der Waals surface area contributed by atoms with Crippen LogP contribution in [0.1, 0.15) is 58.8 Å². The molecule has 4 aliphatic rings. The number of hydrogen-bond donors (Lipinski definition) is 3. The molecule has 144 valence electrons. The van der Waals surface area contributed by atoms with Crippen molar-refractivity contribution in [3.8, 4) is 0 Å². The highest BCUT2D eigenvalue weighted by molar-refractivity contribution is 5.91. The molecule has 5 nitrogen and oxygen atoms in total. The summed E-state index contributed by atoms with van der Waals surface area (Å²) in [5.74, 6) is 0.140. The predicted octanol–water partition coefficient (Wildman–Crippen LogP) is 1.78. The average Bonchev–Trinajstić information content (AvgIpc) is 2.86. The van der Waals surface area contributed by atoms with E-state index in [0.29, 0.717) is 19.3 Å². The molecule has 5 heteroatoms. The predicted molar refractivity (Wildman–Crippen MR) is 95.1 cm³/mol. The highest BCUT2D eigenvalue weighted by Gasteiger charge is 2.68. The van der Waals surface area contributed by atoms with Gasteiger partial charge in [-0.1, -0.05) is 19.4 Å². The molecule has 0 aliphatic heterocycles. The normalized spacial score (nSPS) is 50.5. The van der Waals surface area contributed by atoms with E-state index in [0.717, 1.165) is 25.7 Å². The quantitative estimate of drug-likeness (QED) is 0.696. The lowest BCUT2D eigenvalue weighted by Crippen LogP contribution is -2.62. The molecule has 0 spiro atoms. The van der Waals surface area contributed by atoms with Crippen LogP contribution in [0.15, 0.2) is 11.6 Å². The number of carbonyl (C=O) groups is 2. The second-order valence-corrected chi connectivity index (χ2v) is 9.56. The molecular weight excluding hydrogens is 332 g/mol. The standard InChI is InChI=1S/C21H30O5/c1-19-7-5-13(23)9-12(19)3-4-14-15-6-8-21(26,17(25)11-22)20(15,2)10-16(24)18(14)19/h9,14-16,18,22,24,26H,3-8,10-11H2,1-2H3/t14-,15-,16-,18+,19-,20-,21+/m0/s1. The van der Waals surface area contributed by atoms with Crippen LogP contribution in [0.3, 0.4) is 0 Å². The fourth-order valence-electron chi connectivity index (χ4n) is 7.28. The first-order valence-electron chi connectivity index (χ1n) is 9.96. The molecule has 0 aromatic rings. The van der Waals surface area contributed by atoms with E-state index in [9.17, 15) is 24.9 Å². The zero-order valence-electron chi connectivity index (χ0n) is 15.7. The summed E-state index contributed by atoms with van der Waals surface area (Å²) in [5.41, 5.74) is -1.23. The van der Waals surface area contributed by atoms with Crippen LogP contribution in [0, 0.1) is 28.6 Å². The van der Waals surface area contributed by atoms with Crippen molar-refractivity contribution in [3.63, 3.8) is 0 Å². The van der Waals surface area contributed by atoms with Crippen molar-refractivity contribution in [1.82, 2.24) is 0 Å². The third kappa shape index (κ3) is 2.14. The molecule has 0 aromatic heterocycles. The van der Waals surface area contributed by atoms with E-state index in [1.807, 2.05) is 6.92 Å². The molecule has 4 aliphatic carbocycles. The summed E-state index contributed by atoms with van der Waals surface area (Å²) in [6, 6.07) is 0. The zero-order chi connectivity index (χ0) is 18.9. The molecule has 0 radical (unpaired) electrons. The minimum absolute atomic E-state index is 0.0697. The van der Waals surface area contributed by atoms with Crippen LogP contribution >= 0.6 is 0 Å². The van der Waals surface area contributed by atoms with Crippen molar-refractivity contribution < 1.29 is 24.9 Å². The molecule has 7 atom stereocenters. The van der Waals surface area contributed by atoms with Gasteiger partial charge in [0.05, 0.1) is 6.10 Å². The van der Waals surface area contributed by atoms with E-state index < -0.39 is 29.5 Å². The molecule has 3 N–H and O–H groups in total. The number of allylic oxidation sites excluding steroid dienone is 1. The summed E-state index contributed by atoms with van der Waals surface area (Å²) in [6.07, 6.45) is 5.74. The highest BCUT2D eigenvalue weighted by Crippen LogP contribution is 2.67. The molecular formula is C21H30O5. The Balaban J connectivity index is 1.74. The Morgan fingerprint density at radius 1 is 1.23 bits per heavy atom. The lowest BCUT2D eigenvalue weighted by molar-refractivity contribution is -0.182. The van der Waals surface area contributed by atoms with Crippen molar-refractivity contribution in [3.05, 3.63) is 11.6 Å². The number of ketones is 2. The minimum Gasteiger partial charge on any atom is -0.393 e. The number of fused-ring (bicyclic) bond motifs is 5. The van der Waals surface area contributed by atoms with Crippen molar-refractivity contribution in [1.29, 1.82) is 0 Å². The van der Waals surface area contributed by atoms with E-state index in [1.165, 1.54) is 5.57 Å². The molecule has 0 amide bonds. The van der Waals surface area contributed by atoms with Crippen molar-refractivity contribution in [2.45, 2.75) is 70.5 Å². The largest absolute Gasteiger partial charge is 0.393 e. The monoisotopic (exact) mass is 362 g/mol. The maximum Gasteiger partial charge on any atom is 0.190 e. The van der Waals surface area contributed by atoms with E-state index in [-0.39, 0.29) is 29.0 Å². The lowest BCUT2D eigenvalue weighted by atomic mass is 9.45. The van der Waals surface area contributed by atoms with Gasteiger partial charge in [-0.25, -0.2) is 0 Å². The van der Waals surface area contributed by atoms with Gasteiger partial charge in [0.2, 0.25) is 0 Å². The average molecular weight is 362 g/mol. The van der Waals surface area contributed by atoms with Gasteiger partial charge in [-0.2, -0.15) is 0 Å². The molecule has 0 heterocycles. The van der Waals surface area contributed by atoms with Gasteiger partial charge in [0.15, 0.2) is 11.6 Å². The van der Waals surface area contributed by atoms with Crippen LogP contribution in [0.5, 0.6) is 0 Å². The van der Waals surface area contributed by atoms with Crippen LogP contribution < -0.4 is 0 Å². The second kappa shape index (κ2) is 5.73. The highest BCUT2D eigenvalue weighted by atomic mass is 16.3. The summed E-state index contributed by atoms with van der Waals surface area (Å²) in [4.78, 5) is 24.3. The van der Waals surface area contributed by atoms with E-state index >= 15 is 0 Å². The van der Waals surface area contributed by atoms with Gasteiger partial charge in [-0.05, 0) is 67.8 Å². The first-order chi connectivity index (χ1) is 12.2. The number of Topliss-reactive ketones (excluding diaryl/α,β-unsaturated/α-hetero) is 1. The molecule has 26 heavy (non-hydrogen) atoms. The Labute approximate surface area is 154 Å². The van der Waals surface area contributed by atoms with Gasteiger partial charge in [0.25, 0.3) is 0 Å². The second-order valence-electron chi connectivity index (χ2n) is 9.56. The summed E-state index contributed by atoms with van der Waals surface area (Å²) < 4.78 is 0. The van der Waals surface area contributed by atoms with Crippen molar-refractivity contribution in [2.24, 2.45) is 28.6 Å². The van der Waals surface area contributed by atoms with Gasteiger partial charge in [-0.3, -0.25) is 9.59 Å². The van der Waals surface area contributed by atoms with Gasteiger partial charge in [-0.15, -0.1) is 0 Å². The maximum absolute atomic E-state index is 12.4. The Morgan fingerprint density at radius 3 is 2.65 bits per heavy atom. The van der Waals surface area contributed by atoms with Crippen molar-refractivity contribution in [2.75, 3.05) is 6.61 Å². The van der Waals surface area contributed by atoms with Crippen LogP contribution in [0.4, 0.5) is 0 Å². The summed E-state index contributed by atoms with van der Waals surface area (Å²) in [6.45, 7) is 3.46. The van der Waals surface area contributed by atoms with E-state index in [4.69, 9.17) is 0 Å². The molecule has 0 saturated heterocycles. The first kappa shape index (κ1) is 18.3. The molecule has 0 aromatic carbocycles. The summed E-state index contributed by atoms with van der Waals surface area (Å²) >= 11 is 0. The first-order valence-corrected chi connectivity index (χ1v) is 9.96. The molecule has 0 unspecified atom stereocenters. The molecule has 0 bridgehead atoms.